The van der Waals surface area contributed by atoms with Crippen LogP contribution in [0.2, 0.25) is 5.02 Å². The highest BCUT2D eigenvalue weighted by atomic mass is 35.5. The van der Waals surface area contributed by atoms with Crippen molar-refractivity contribution in [2.24, 2.45) is 0 Å². The van der Waals surface area contributed by atoms with Gasteiger partial charge >= 0.3 is 0 Å². The first-order chi connectivity index (χ1) is 8.72. The summed E-state index contributed by atoms with van der Waals surface area (Å²) in [6.07, 6.45) is 0. The van der Waals surface area contributed by atoms with Crippen molar-refractivity contribution in [3.63, 3.8) is 0 Å². The number of hydrogen-bond acceptors (Lipinski definition) is 3. The van der Waals surface area contributed by atoms with Crippen LogP contribution in [0.15, 0.2) is 18.2 Å². The number of carbonyl (C=O) groups is 1. The molecule has 18 heavy (non-hydrogen) atoms. The van der Waals surface area contributed by atoms with Crippen molar-refractivity contribution in [1.29, 1.82) is 0 Å². The third kappa shape index (κ3) is 2.94. The largest absolute Gasteiger partial charge is 0.369 e. The van der Waals surface area contributed by atoms with Gasteiger partial charge in [0.05, 0.1) is 10.6 Å². The Balaban J connectivity index is 2.22. The van der Waals surface area contributed by atoms with E-state index >= 15 is 0 Å². The number of benzene rings is 1. The molecule has 98 valence electrons. The summed E-state index contributed by atoms with van der Waals surface area (Å²) in [4.78, 5) is 14.1. The summed E-state index contributed by atoms with van der Waals surface area (Å²) < 4.78 is 0. The maximum Gasteiger partial charge on any atom is 0.252 e. The maximum absolute atomic E-state index is 11.9. The van der Waals surface area contributed by atoms with Crippen LogP contribution < -0.4 is 15.5 Å². The van der Waals surface area contributed by atoms with Crippen molar-refractivity contribution in [1.82, 2.24) is 10.6 Å². The molecule has 1 aromatic carbocycles. The molecule has 1 aromatic rings. The van der Waals surface area contributed by atoms with Gasteiger partial charge in [-0.15, -0.1) is 0 Å². The van der Waals surface area contributed by atoms with Gasteiger partial charge in [0.1, 0.15) is 0 Å². The molecule has 0 radical (unpaired) electrons. The van der Waals surface area contributed by atoms with Crippen molar-refractivity contribution in [3.8, 4) is 0 Å². The average molecular weight is 268 g/mol. The van der Waals surface area contributed by atoms with Gasteiger partial charge in [-0.1, -0.05) is 11.6 Å². The van der Waals surface area contributed by atoms with Gasteiger partial charge in [0, 0.05) is 38.4 Å². The SMILES string of the molecule is CCNC(=O)c1cc(N2CCNCC2)ccc1Cl. The Morgan fingerprint density at radius 3 is 2.83 bits per heavy atom. The van der Waals surface area contributed by atoms with Crippen molar-refractivity contribution in [2.75, 3.05) is 37.6 Å². The molecule has 2 rings (SSSR count). The van der Waals surface area contributed by atoms with E-state index in [1.54, 1.807) is 6.07 Å². The molecule has 0 aromatic heterocycles. The lowest BCUT2D eigenvalue weighted by Gasteiger charge is -2.29. The number of amides is 1. The van der Waals surface area contributed by atoms with Crippen LogP contribution in [0.4, 0.5) is 5.69 Å². The molecular weight excluding hydrogens is 250 g/mol. The number of anilines is 1. The number of nitrogens with one attached hydrogen (secondary N) is 2. The van der Waals surface area contributed by atoms with Crippen LogP contribution >= 0.6 is 11.6 Å². The first kappa shape index (κ1) is 13.2. The second kappa shape index (κ2) is 6.07. The molecule has 0 aliphatic carbocycles. The van der Waals surface area contributed by atoms with Crippen LogP contribution in [-0.4, -0.2) is 38.6 Å². The maximum atomic E-state index is 11.9. The summed E-state index contributed by atoms with van der Waals surface area (Å²) in [5, 5.41) is 6.58. The molecule has 5 heteroatoms. The number of carbonyl (C=O) groups excluding carboxylic acids is 1. The fraction of sp³-hybridized carbons (Fsp3) is 0.462. The molecule has 2 N–H and O–H groups in total. The minimum atomic E-state index is -0.112. The third-order valence-corrected chi connectivity index (χ3v) is 3.34. The standard InChI is InChI=1S/C13H18ClN3O/c1-2-16-13(18)11-9-10(3-4-12(11)14)17-7-5-15-6-8-17/h3-4,9,15H,2,5-8H2,1H3,(H,16,18). The second-order valence-corrected chi connectivity index (χ2v) is 4.67. The summed E-state index contributed by atoms with van der Waals surface area (Å²) >= 11 is 6.07. The van der Waals surface area contributed by atoms with Gasteiger partial charge in [-0.25, -0.2) is 0 Å². The molecule has 1 heterocycles. The van der Waals surface area contributed by atoms with Gasteiger partial charge in [-0.2, -0.15) is 0 Å². The molecule has 1 fully saturated rings. The number of rotatable bonds is 3. The lowest BCUT2D eigenvalue weighted by atomic mass is 10.1. The summed E-state index contributed by atoms with van der Waals surface area (Å²) in [6.45, 7) is 6.35. The fourth-order valence-corrected chi connectivity index (χ4v) is 2.27. The molecule has 0 bridgehead atoms. The number of piperazine rings is 1. The topological polar surface area (TPSA) is 44.4 Å². The van der Waals surface area contributed by atoms with Crippen molar-refractivity contribution in [2.45, 2.75) is 6.92 Å². The Morgan fingerprint density at radius 2 is 2.17 bits per heavy atom. The number of halogens is 1. The number of hydrogen-bond donors (Lipinski definition) is 2. The van der Waals surface area contributed by atoms with Crippen molar-refractivity contribution in [3.05, 3.63) is 28.8 Å². The van der Waals surface area contributed by atoms with E-state index < -0.39 is 0 Å². The van der Waals surface area contributed by atoms with E-state index in [4.69, 9.17) is 11.6 Å². The van der Waals surface area contributed by atoms with E-state index in [1.165, 1.54) is 0 Å². The fourth-order valence-electron chi connectivity index (χ4n) is 2.06. The first-order valence-corrected chi connectivity index (χ1v) is 6.63. The summed E-state index contributed by atoms with van der Waals surface area (Å²) in [7, 11) is 0. The van der Waals surface area contributed by atoms with E-state index in [0.717, 1.165) is 31.9 Å². The van der Waals surface area contributed by atoms with Crippen LogP contribution in [-0.2, 0) is 0 Å². The lowest BCUT2D eigenvalue weighted by Crippen LogP contribution is -2.43. The first-order valence-electron chi connectivity index (χ1n) is 6.25. The van der Waals surface area contributed by atoms with Gasteiger partial charge in [0.15, 0.2) is 0 Å². The summed E-state index contributed by atoms with van der Waals surface area (Å²) in [5.41, 5.74) is 1.61. The zero-order valence-corrected chi connectivity index (χ0v) is 11.3. The molecule has 0 unspecified atom stereocenters. The highest BCUT2D eigenvalue weighted by Gasteiger charge is 2.15. The molecule has 1 aliphatic heterocycles. The Kier molecular flexibility index (Phi) is 4.44. The Bertz CT molecular complexity index is 430. The van der Waals surface area contributed by atoms with Crippen LogP contribution in [0.25, 0.3) is 0 Å². The van der Waals surface area contributed by atoms with Crippen LogP contribution in [0, 0.1) is 0 Å². The van der Waals surface area contributed by atoms with Gasteiger partial charge in [-0.3, -0.25) is 4.79 Å². The van der Waals surface area contributed by atoms with Crippen LogP contribution in [0.3, 0.4) is 0 Å². The second-order valence-electron chi connectivity index (χ2n) is 4.26. The van der Waals surface area contributed by atoms with Gasteiger partial charge < -0.3 is 15.5 Å². The molecule has 1 aliphatic rings. The summed E-state index contributed by atoms with van der Waals surface area (Å²) in [5.74, 6) is -0.112. The highest BCUT2D eigenvalue weighted by Crippen LogP contribution is 2.23. The molecule has 1 amide bonds. The average Bonchev–Trinajstić information content (AvgIpc) is 2.40. The Hall–Kier alpha value is -1.26. The van der Waals surface area contributed by atoms with Crippen LogP contribution in [0.1, 0.15) is 17.3 Å². The van der Waals surface area contributed by atoms with E-state index in [-0.39, 0.29) is 5.91 Å². The molecule has 1 saturated heterocycles. The Morgan fingerprint density at radius 1 is 1.44 bits per heavy atom. The highest BCUT2D eigenvalue weighted by molar-refractivity contribution is 6.34. The minimum Gasteiger partial charge on any atom is -0.369 e. The predicted molar refractivity (Wildman–Crippen MR) is 74.5 cm³/mol. The zero-order valence-electron chi connectivity index (χ0n) is 10.5. The zero-order chi connectivity index (χ0) is 13.0. The van der Waals surface area contributed by atoms with E-state index in [9.17, 15) is 4.79 Å². The quantitative estimate of drug-likeness (QED) is 0.872. The lowest BCUT2D eigenvalue weighted by molar-refractivity contribution is 0.0956. The Labute approximate surface area is 112 Å². The molecule has 0 saturated carbocycles. The third-order valence-electron chi connectivity index (χ3n) is 3.01. The monoisotopic (exact) mass is 267 g/mol. The predicted octanol–water partition coefficient (Wildman–Crippen LogP) is 1.50. The van der Waals surface area contributed by atoms with Crippen molar-refractivity contribution < 1.29 is 4.79 Å². The van der Waals surface area contributed by atoms with E-state index in [2.05, 4.69) is 15.5 Å². The molecular formula is C13H18ClN3O. The normalized spacial score (nSPS) is 15.6. The number of nitrogens with zero attached hydrogens (tertiary/aromatic N) is 1. The van der Waals surface area contributed by atoms with Gasteiger partial charge in [-0.05, 0) is 25.1 Å². The van der Waals surface area contributed by atoms with Crippen molar-refractivity contribution >= 4 is 23.2 Å². The van der Waals surface area contributed by atoms with Crippen LogP contribution in [0.5, 0.6) is 0 Å². The van der Waals surface area contributed by atoms with Gasteiger partial charge in [0.2, 0.25) is 0 Å². The van der Waals surface area contributed by atoms with E-state index in [1.807, 2.05) is 19.1 Å². The molecule has 0 atom stereocenters. The smallest absolute Gasteiger partial charge is 0.252 e. The van der Waals surface area contributed by atoms with Gasteiger partial charge in [0.25, 0.3) is 5.91 Å². The molecule has 0 spiro atoms. The summed E-state index contributed by atoms with van der Waals surface area (Å²) in [6, 6.07) is 5.64. The molecule has 4 nitrogen and oxygen atoms in total. The minimum absolute atomic E-state index is 0.112. The van der Waals surface area contributed by atoms with E-state index in [0.29, 0.717) is 17.1 Å².